The molecule has 0 aliphatic rings. The summed E-state index contributed by atoms with van der Waals surface area (Å²) in [6, 6.07) is 7.35. The SMILES string of the molecule is FC(F)(F)C(F)(F)C(F)(F)C(F)(F)CC=Cc1ccccc1. The molecule has 22 heavy (non-hydrogen) atoms. The van der Waals surface area contributed by atoms with Gasteiger partial charge < -0.3 is 0 Å². The zero-order valence-corrected chi connectivity index (χ0v) is 10.7. The smallest absolute Gasteiger partial charge is 0.199 e. The summed E-state index contributed by atoms with van der Waals surface area (Å²) < 4.78 is 113. The van der Waals surface area contributed by atoms with E-state index in [1.807, 2.05) is 0 Å². The Balaban J connectivity index is 2.95. The third-order valence-corrected chi connectivity index (χ3v) is 2.69. The van der Waals surface area contributed by atoms with E-state index in [1.165, 1.54) is 24.3 Å². The molecule has 0 saturated heterocycles. The third kappa shape index (κ3) is 3.38. The van der Waals surface area contributed by atoms with Gasteiger partial charge in [-0.2, -0.15) is 39.5 Å². The molecule has 1 aromatic rings. The monoisotopic (exact) mass is 336 g/mol. The second kappa shape index (κ2) is 5.85. The van der Waals surface area contributed by atoms with Gasteiger partial charge in [-0.1, -0.05) is 42.5 Å². The first-order chi connectivity index (χ1) is 9.83. The number of hydrogen-bond acceptors (Lipinski definition) is 0. The molecule has 0 aliphatic heterocycles. The van der Waals surface area contributed by atoms with E-state index >= 15 is 0 Å². The van der Waals surface area contributed by atoms with Crippen LogP contribution in [0.5, 0.6) is 0 Å². The Bertz CT molecular complexity index is 514. The maximum atomic E-state index is 13.1. The number of hydrogen-bond donors (Lipinski definition) is 0. The molecule has 124 valence electrons. The molecule has 0 atom stereocenters. The largest absolute Gasteiger partial charge is 0.460 e. The second-order valence-corrected chi connectivity index (χ2v) is 4.37. The first-order valence-corrected chi connectivity index (χ1v) is 5.75. The molecule has 0 bridgehead atoms. The number of alkyl halides is 9. The number of rotatable bonds is 5. The lowest BCUT2D eigenvalue weighted by molar-refractivity contribution is -0.395. The van der Waals surface area contributed by atoms with Gasteiger partial charge in [-0.05, 0) is 5.56 Å². The molecule has 9 heteroatoms. The van der Waals surface area contributed by atoms with E-state index in [1.54, 1.807) is 6.07 Å². The third-order valence-electron chi connectivity index (χ3n) is 2.69. The van der Waals surface area contributed by atoms with E-state index in [-0.39, 0.29) is 0 Å². The maximum absolute atomic E-state index is 13.1. The molecular formula is C13H9F9. The van der Waals surface area contributed by atoms with Crippen LogP contribution in [-0.4, -0.2) is 23.9 Å². The van der Waals surface area contributed by atoms with Gasteiger partial charge in [0.25, 0.3) is 0 Å². The predicted molar refractivity (Wildman–Crippen MR) is 61.0 cm³/mol. The number of halogens is 9. The molecule has 1 aromatic carbocycles. The second-order valence-electron chi connectivity index (χ2n) is 4.37. The normalized spacial score (nSPS) is 14.6. The topological polar surface area (TPSA) is 0 Å². The predicted octanol–water partition coefficient (Wildman–Crippen LogP) is 5.56. The minimum atomic E-state index is -6.84. The summed E-state index contributed by atoms with van der Waals surface area (Å²) in [6.45, 7) is 0. The van der Waals surface area contributed by atoms with Gasteiger partial charge in [0.05, 0.1) is 0 Å². The van der Waals surface area contributed by atoms with Crippen molar-refractivity contribution < 1.29 is 39.5 Å². The lowest BCUT2D eigenvalue weighted by atomic mass is 10.0. The molecule has 0 fully saturated rings. The average Bonchev–Trinajstić information content (AvgIpc) is 2.38. The van der Waals surface area contributed by atoms with Crippen molar-refractivity contribution in [2.75, 3.05) is 0 Å². The van der Waals surface area contributed by atoms with Gasteiger partial charge in [-0.3, -0.25) is 0 Å². The fourth-order valence-corrected chi connectivity index (χ4v) is 1.44. The summed E-state index contributed by atoms with van der Waals surface area (Å²) >= 11 is 0. The van der Waals surface area contributed by atoms with Crippen molar-refractivity contribution in [3.8, 4) is 0 Å². The van der Waals surface area contributed by atoms with E-state index in [0.717, 1.165) is 6.08 Å². The minimum absolute atomic E-state index is 0.296. The molecule has 0 unspecified atom stereocenters. The van der Waals surface area contributed by atoms with E-state index in [4.69, 9.17) is 0 Å². The van der Waals surface area contributed by atoms with Crippen molar-refractivity contribution >= 4 is 6.08 Å². The Morgan fingerprint density at radius 3 is 1.68 bits per heavy atom. The van der Waals surface area contributed by atoms with E-state index < -0.39 is 30.4 Å². The van der Waals surface area contributed by atoms with Crippen LogP contribution < -0.4 is 0 Å². The number of allylic oxidation sites excluding steroid dienone is 1. The van der Waals surface area contributed by atoms with E-state index in [2.05, 4.69) is 0 Å². The van der Waals surface area contributed by atoms with Crippen LogP contribution in [0.15, 0.2) is 36.4 Å². The standard InChI is InChI=1S/C13H9F9/c14-10(15,8-4-7-9-5-2-1-3-6-9)11(16,17)12(18,19)13(20,21)22/h1-7H,8H2. The molecule has 0 spiro atoms. The Hall–Kier alpha value is -1.67. The average molecular weight is 336 g/mol. The molecule has 0 aliphatic carbocycles. The molecule has 0 saturated carbocycles. The Labute approximate surface area is 119 Å². The molecule has 0 amide bonds. The zero-order valence-electron chi connectivity index (χ0n) is 10.7. The van der Waals surface area contributed by atoms with Crippen molar-refractivity contribution in [2.45, 2.75) is 30.4 Å². The van der Waals surface area contributed by atoms with Crippen LogP contribution in [0.3, 0.4) is 0 Å². The summed E-state index contributed by atoms with van der Waals surface area (Å²) in [5.41, 5.74) is 0.296. The van der Waals surface area contributed by atoms with Crippen LogP contribution in [-0.2, 0) is 0 Å². The summed E-state index contributed by atoms with van der Waals surface area (Å²) in [6.07, 6.45) is -7.44. The van der Waals surface area contributed by atoms with Crippen LogP contribution in [0.25, 0.3) is 6.08 Å². The van der Waals surface area contributed by atoms with Crippen molar-refractivity contribution in [3.63, 3.8) is 0 Å². The van der Waals surface area contributed by atoms with Crippen LogP contribution in [0.2, 0.25) is 0 Å². The fourth-order valence-electron chi connectivity index (χ4n) is 1.44. The van der Waals surface area contributed by atoms with Crippen LogP contribution in [0.4, 0.5) is 39.5 Å². The summed E-state index contributed by atoms with van der Waals surface area (Å²) in [4.78, 5) is 0. The summed E-state index contributed by atoms with van der Waals surface area (Å²) in [7, 11) is 0. The lowest BCUT2D eigenvalue weighted by Gasteiger charge is -2.33. The van der Waals surface area contributed by atoms with Crippen molar-refractivity contribution in [2.24, 2.45) is 0 Å². The van der Waals surface area contributed by atoms with Gasteiger partial charge in [0.1, 0.15) is 0 Å². The molecule has 0 radical (unpaired) electrons. The van der Waals surface area contributed by atoms with Gasteiger partial charge in [-0.15, -0.1) is 0 Å². The van der Waals surface area contributed by atoms with Crippen molar-refractivity contribution in [1.82, 2.24) is 0 Å². The number of benzene rings is 1. The Kier molecular flexibility index (Phi) is 4.88. The molecule has 0 heterocycles. The van der Waals surface area contributed by atoms with Gasteiger partial charge in [-0.25, -0.2) is 0 Å². The highest BCUT2D eigenvalue weighted by molar-refractivity contribution is 5.48. The van der Waals surface area contributed by atoms with Gasteiger partial charge in [0, 0.05) is 6.42 Å². The van der Waals surface area contributed by atoms with Crippen molar-refractivity contribution in [3.05, 3.63) is 42.0 Å². The Morgan fingerprint density at radius 1 is 0.727 bits per heavy atom. The molecule has 1 rings (SSSR count). The van der Waals surface area contributed by atoms with E-state index in [9.17, 15) is 39.5 Å². The lowest BCUT2D eigenvalue weighted by Crippen LogP contribution is -2.60. The first kappa shape index (κ1) is 18.4. The molecule has 0 N–H and O–H groups in total. The van der Waals surface area contributed by atoms with Crippen molar-refractivity contribution in [1.29, 1.82) is 0 Å². The van der Waals surface area contributed by atoms with Gasteiger partial charge in [0.15, 0.2) is 0 Å². The molecular weight excluding hydrogens is 327 g/mol. The van der Waals surface area contributed by atoms with Crippen LogP contribution in [0, 0.1) is 0 Å². The minimum Gasteiger partial charge on any atom is -0.199 e. The van der Waals surface area contributed by atoms with Crippen LogP contribution >= 0.6 is 0 Å². The quantitative estimate of drug-likeness (QED) is 0.618. The zero-order chi connectivity index (χ0) is 17.2. The molecule has 0 nitrogen and oxygen atoms in total. The molecule has 0 aromatic heterocycles. The highest BCUT2D eigenvalue weighted by atomic mass is 19.4. The summed E-state index contributed by atoms with van der Waals surface area (Å²) in [5, 5.41) is 0. The van der Waals surface area contributed by atoms with Gasteiger partial charge in [0.2, 0.25) is 0 Å². The fraction of sp³-hybridized carbons (Fsp3) is 0.385. The first-order valence-electron chi connectivity index (χ1n) is 5.75. The highest BCUT2D eigenvalue weighted by Crippen LogP contribution is 2.54. The highest BCUT2D eigenvalue weighted by Gasteiger charge is 2.81. The van der Waals surface area contributed by atoms with E-state index in [0.29, 0.717) is 11.6 Å². The van der Waals surface area contributed by atoms with Gasteiger partial charge >= 0.3 is 23.9 Å². The maximum Gasteiger partial charge on any atom is 0.460 e. The Morgan fingerprint density at radius 2 is 1.23 bits per heavy atom. The van der Waals surface area contributed by atoms with Crippen LogP contribution in [0.1, 0.15) is 12.0 Å². The summed E-state index contributed by atoms with van der Waals surface area (Å²) in [5.74, 6) is -19.0.